The molecule has 0 saturated carbocycles. The van der Waals surface area contributed by atoms with Crippen molar-refractivity contribution in [1.29, 1.82) is 0 Å². The zero-order valence-corrected chi connectivity index (χ0v) is 13.4. The minimum atomic E-state index is 0.641. The van der Waals surface area contributed by atoms with Gasteiger partial charge in [0.1, 0.15) is 0 Å². The first-order chi connectivity index (χ1) is 10.2. The van der Waals surface area contributed by atoms with Crippen molar-refractivity contribution in [3.05, 3.63) is 21.9 Å². The van der Waals surface area contributed by atoms with Crippen LogP contribution in [0.1, 0.15) is 17.4 Å². The minimum absolute atomic E-state index is 0.641. The van der Waals surface area contributed by atoms with Gasteiger partial charge in [-0.25, -0.2) is 0 Å². The maximum Gasteiger partial charge on any atom is 0.232 e. The third kappa shape index (κ3) is 2.92. The molecular weight excluding hydrogens is 284 g/mol. The maximum atomic E-state index is 4.59. The van der Waals surface area contributed by atoms with Crippen molar-refractivity contribution in [3.63, 3.8) is 0 Å². The van der Waals surface area contributed by atoms with E-state index in [2.05, 4.69) is 36.6 Å². The van der Waals surface area contributed by atoms with Gasteiger partial charge in [-0.2, -0.15) is 15.0 Å². The topological polar surface area (TPSA) is 57.2 Å². The van der Waals surface area contributed by atoms with Crippen LogP contribution in [0.25, 0.3) is 0 Å². The summed E-state index contributed by atoms with van der Waals surface area (Å²) in [6.07, 6.45) is 1.06. The second kappa shape index (κ2) is 5.85. The standard InChI is InChI=1S/C14H20N6S/c1-4-15-12-16-13(19(2)3)18-14(17-12)20-7-5-11-10(9-20)6-8-21-11/h6,8H,4-5,7,9H2,1-3H3,(H,15,16,17,18). The van der Waals surface area contributed by atoms with E-state index < -0.39 is 0 Å². The minimum Gasteiger partial charge on any atom is -0.354 e. The van der Waals surface area contributed by atoms with Crippen molar-refractivity contribution in [1.82, 2.24) is 15.0 Å². The van der Waals surface area contributed by atoms with Gasteiger partial charge >= 0.3 is 0 Å². The van der Waals surface area contributed by atoms with Gasteiger partial charge in [0, 0.05) is 38.6 Å². The molecule has 0 aromatic carbocycles. The molecule has 1 N–H and O–H groups in total. The summed E-state index contributed by atoms with van der Waals surface area (Å²) in [5.41, 5.74) is 1.39. The number of nitrogens with zero attached hydrogens (tertiary/aromatic N) is 5. The van der Waals surface area contributed by atoms with Gasteiger partial charge in [0.15, 0.2) is 0 Å². The lowest BCUT2D eigenvalue weighted by atomic mass is 10.1. The third-order valence-corrected chi connectivity index (χ3v) is 4.46. The monoisotopic (exact) mass is 304 g/mol. The van der Waals surface area contributed by atoms with Gasteiger partial charge in [0.25, 0.3) is 0 Å². The third-order valence-electron chi connectivity index (χ3n) is 3.44. The maximum absolute atomic E-state index is 4.59. The van der Waals surface area contributed by atoms with E-state index in [-0.39, 0.29) is 0 Å². The van der Waals surface area contributed by atoms with Crippen LogP contribution in [0, 0.1) is 0 Å². The van der Waals surface area contributed by atoms with E-state index in [1.165, 1.54) is 10.4 Å². The lowest BCUT2D eigenvalue weighted by Gasteiger charge is -2.27. The Bertz CT molecular complexity index is 624. The highest BCUT2D eigenvalue weighted by molar-refractivity contribution is 7.10. The fraction of sp³-hybridized carbons (Fsp3) is 0.500. The molecule has 0 amide bonds. The summed E-state index contributed by atoms with van der Waals surface area (Å²) >= 11 is 1.84. The van der Waals surface area contributed by atoms with Crippen LogP contribution in [0.15, 0.2) is 11.4 Å². The molecule has 0 fully saturated rings. The van der Waals surface area contributed by atoms with Gasteiger partial charge in [-0.05, 0) is 30.4 Å². The van der Waals surface area contributed by atoms with Crippen molar-refractivity contribution in [2.45, 2.75) is 19.9 Å². The molecule has 2 aromatic rings. The van der Waals surface area contributed by atoms with Gasteiger partial charge < -0.3 is 15.1 Å². The Labute approximate surface area is 128 Å². The van der Waals surface area contributed by atoms with Crippen molar-refractivity contribution >= 4 is 29.2 Å². The largest absolute Gasteiger partial charge is 0.354 e. The Morgan fingerprint density at radius 3 is 2.95 bits per heavy atom. The lowest BCUT2D eigenvalue weighted by molar-refractivity contribution is 0.713. The quantitative estimate of drug-likeness (QED) is 0.932. The summed E-state index contributed by atoms with van der Waals surface area (Å²) in [7, 11) is 3.89. The Hall–Kier alpha value is -1.89. The summed E-state index contributed by atoms with van der Waals surface area (Å²) in [5, 5.41) is 5.35. The first-order valence-electron chi connectivity index (χ1n) is 7.15. The number of fused-ring (bicyclic) bond motifs is 1. The van der Waals surface area contributed by atoms with Crippen LogP contribution in [0.4, 0.5) is 17.8 Å². The molecule has 3 heterocycles. The molecule has 0 unspecified atom stereocenters. The van der Waals surface area contributed by atoms with E-state index in [4.69, 9.17) is 0 Å². The van der Waals surface area contributed by atoms with E-state index in [0.29, 0.717) is 11.9 Å². The Balaban J connectivity index is 1.91. The van der Waals surface area contributed by atoms with E-state index >= 15 is 0 Å². The van der Waals surface area contributed by atoms with E-state index in [9.17, 15) is 0 Å². The molecule has 0 saturated heterocycles. The van der Waals surface area contributed by atoms with Gasteiger partial charge in [-0.1, -0.05) is 0 Å². The highest BCUT2D eigenvalue weighted by Gasteiger charge is 2.21. The fourth-order valence-corrected chi connectivity index (χ4v) is 3.24. The summed E-state index contributed by atoms with van der Waals surface area (Å²) < 4.78 is 0. The number of anilines is 3. The molecule has 1 aliphatic heterocycles. The van der Waals surface area contributed by atoms with Gasteiger partial charge in [-0.15, -0.1) is 11.3 Å². The van der Waals surface area contributed by atoms with Crippen LogP contribution in [0.2, 0.25) is 0 Å². The average Bonchev–Trinajstić information content (AvgIpc) is 2.94. The number of thiophene rings is 1. The summed E-state index contributed by atoms with van der Waals surface area (Å²) in [4.78, 5) is 19.2. The first kappa shape index (κ1) is 14.1. The highest BCUT2D eigenvalue weighted by atomic mass is 32.1. The zero-order chi connectivity index (χ0) is 14.8. The first-order valence-corrected chi connectivity index (χ1v) is 8.02. The SMILES string of the molecule is CCNc1nc(N(C)C)nc(N2CCc3sccc3C2)n1. The van der Waals surface area contributed by atoms with Crippen molar-refractivity contribution in [3.8, 4) is 0 Å². The number of rotatable bonds is 4. The predicted molar refractivity (Wildman–Crippen MR) is 87.4 cm³/mol. The van der Waals surface area contributed by atoms with E-state index in [1.54, 1.807) is 0 Å². The number of nitrogens with one attached hydrogen (secondary N) is 1. The van der Waals surface area contributed by atoms with Crippen LogP contribution < -0.4 is 15.1 Å². The van der Waals surface area contributed by atoms with Crippen LogP contribution >= 0.6 is 11.3 Å². The van der Waals surface area contributed by atoms with E-state index in [0.717, 1.165) is 32.0 Å². The second-order valence-electron chi connectivity index (χ2n) is 5.22. The highest BCUT2D eigenvalue weighted by Crippen LogP contribution is 2.27. The predicted octanol–water partition coefficient (Wildman–Crippen LogP) is 1.99. The fourth-order valence-electron chi connectivity index (χ4n) is 2.35. The van der Waals surface area contributed by atoms with Crippen LogP contribution in [0.5, 0.6) is 0 Å². The Morgan fingerprint density at radius 2 is 2.19 bits per heavy atom. The number of hydrogen-bond donors (Lipinski definition) is 1. The molecule has 0 spiro atoms. The van der Waals surface area contributed by atoms with Crippen molar-refractivity contribution < 1.29 is 0 Å². The summed E-state index contributed by atoms with van der Waals surface area (Å²) in [6.45, 7) is 4.67. The van der Waals surface area contributed by atoms with Crippen LogP contribution in [0.3, 0.4) is 0 Å². The zero-order valence-electron chi connectivity index (χ0n) is 12.6. The molecule has 112 valence electrons. The molecule has 6 nitrogen and oxygen atoms in total. The number of aromatic nitrogens is 3. The Morgan fingerprint density at radius 1 is 1.33 bits per heavy atom. The number of hydrogen-bond acceptors (Lipinski definition) is 7. The molecule has 1 aliphatic rings. The summed E-state index contributed by atoms with van der Waals surface area (Å²) in [5.74, 6) is 2.08. The lowest BCUT2D eigenvalue weighted by Crippen LogP contribution is -2.32. The average molecular weight is 304 g/mol. The van der Waals surface area contributed by atoms with Gasteiger partial charge in [-0.3, -0.25) is 0 Å². The van der Waals surface area contributed by atoms with Gasteiger partial charge in [0.05, 0.1) is 0 Å². The van der Waals surface area contributed by atoms with Crippen molar-refractivity contribution in [2.24, 2.45) is 0 Å². The van der Waals surface area contributed by atoms with Crippen LogP contribution in [-0.4, -0.2) is 42.1 Å². The normalized spacial score (nSPS) is 14.0. The van der Waals surface area contributed by atoms with Gasteiger partial charge in [0.2, 0.25) is 17.8 Å². The summed E-state index contributed by atoms with van der Waals surface area (Å²) in [6, 6.07) is 2.20. The van der Waals surface area contributed by atoms with Crippen LogP contribution in [-0.2, 0) is 13.0 Å². The molecule has 21 heavy (non-hydrogen) atoms. The molecule has 3 rings (SSSR count). The van der Waals surface area contributed by atoms with E-state index in [1.807, 2.05) is 37.3 Å². The smallest absolute Gasteiger partial charge is 0.232 e. The molecule has 0 aliphatic carbocycles. The molecule has 7 heteroatoms. The molecule has 2 aromatic heterocycles. The molecule has 0 radical (unpaired) electrons. The molecular formula is C14H20N6S. The molecule has 0 bridgehead atoms. The molecule has 0 atom stereocenters. The second-order valence-corrected chi connectivity index (χ2v) is 6.23. The Kier molecular flexibility index (Phi) is 3.92. The van der Waals surface area contributed by atoms with Crippen molar-refractivity contribution in [2.75, 3.05) is 42.3 Å².